The number of nitrogens with zero attached hydrogens (tertiary/aromatic N) is 4. The van der Waals surface area contributed by atoms with Crippen molar-refractivity contribution >= 4 is 51.6 Å². The predicted molar refractivity (Wildman–Crippen MR) is 130 cm³/mol. The zero-order valence-electron chi connectivity index (χ0n) is 18.4. The second kappa shape index (κ2) is 9.52. The number of aryl methyl sites for hydroxylation is 1. The molecule has 33 heavy (non-hydrogen) atoms. The van der Waals surface area contributed by atoms with Gasteiger partial charge in [0.05, 0.1) is 21.2 Å². The molecule has 2 aromatic heterocycles. The summed E-state index contributed by atoms with van der Waals surface area (Å²) in [6.07, 6.45) is 0.822. The fourth-order valence-corrected chi connectivity index (χ4v) is 4.46. The quantitative estimate of drug-likeness (QED) is 0.371. The summed E-state index contributed by atoms with van der Waals surface area (Å²) in [5, 5.41) is 11.8. The third-order valence-corrected chi connectivity index (χ3v) is 6.58. The van der Waals surface area contributed by atoms with Crippen molar-refractivity contribution in [2.45, 2.75) is 44.1 Å². The molecule has 2 heterocycles. The number of nitrogens with one attached hydrogen (secondary N) is 1. The van der Waals surface area contributed by atoms with E-state index < -0.39 is 11.1 Å². The summed E-state index contributed by atoms with van der Waals surface area (Å²) in [5.74, 6) is 0.0166. The molecule has 4 rings (SSSR count). The van der Waals surface area contributed by atoms with E-state index >= 15 is 0 Å². The van der Waals surface area contributed by atoms with Crippen LogP contribution >= 0.6 is 23.4 Å². The number of aromatic nitrogens is 4. The lowest BCUT2D eigenvalue weighted by Crippen LogP contribution is -2.25. The first-order valence-electron chi connectivity index (χ1n) is 10.6. The maximum absolute atomic E-state index is 13.4. The Labute approximate surface area is 199 Å². The molecule has 0 fully saturated rings. The summed E-state index contributed by atoms with van der Waals surface area (Å²) >= 11 is 7.03. The van der Waals surface area contributed by atoms with E-state index in [1.165, 1.54) is 30.0 Å². The van der Waals surface area contributed by atoms with Crippen LogP contribution < -0.4 is 10.9 Å². The van der Waals surface area contributed by atoms with Crippen LogP contribution in [0.25, 0.3) is 16.7 Å². The summed E-state index contributed by atoms with van der Waals surface area (Å²) in [5.41, 5.74) is 0.975. The molecule has 1 amide bonds. The van der Waals surface area contributed by atoms with Gasteiger partial charge in [0.15, 0.2) is 5.16 Å². The molecule has 0 aliphatic carbocycles. The SMILES string of the molecule is CC(C)CCn1c(=O)c2ccccc2n2c(SC(C)C(=O)Nc3ccc(F)c(Cl)c3)nnc12. The summed E-state index contributed by atoms with van der Waals surface area (Å²) in [6.45, 7) is 6.46. The van der Waals surface area contributed by atoms with Crippen molar-refractivity contribution in [1.82, 2.24) is 19.2 Å². The minimum Gasteiger partial charge on any atom is -0.325 e. The molecule has 4 aromatic rings. The molecule has 0 saturated heterocycles. The molecule has 0 aliphatic rings. The monoisotopic (exact) mass is 487 g/mol. The van der Waals surface area contributed by atoms with Crippen LogP contribution in [0.2, 0.25) is 5.02 Å². The van der Waals surface area contributed by atoms with Gasteiger partial charge in [-0.3, -0.25) is 18.6 Å². The number of fused-ring (bicyclic) bond motifs is 3. The number of rotatable bonds is 7. The molecule has 10 heteroatoms. The van der Waals surface area contributed by atoms with Crippen molar-refractivity contribution < 1.29 is 9.18 Å². The van der Waals surface area contributed by atoms with Crippen molar-refractivity contribution in [2.75, 3.05) is 5.32 Å². The number of hydrogen-bond acceptors (Lipinski definition) is 5. The van der Waals surface area contributed by atoms with Crippen LogP contribution in [0.4, 0.5) is 10.1 Å². The lowest BCUT2D eigenvalue weighted by molar-refractivity contribution is -0.115. The Morgan fingerprint density at radius 1 is 1.18 bits per heavy atom. The highest BCUT2D eigenvalue weighted by Gasteiger charge is 2.22. The number of halogens is 2. The Morgan fingerprint density at radius 2 is 1.94 bits per heavy atom. The summed E-state index contributed by atoms with van der Waals surface area (Å²) in [6, 6.07) is 11.3. The van der Waals surface area contributed by atoms with Crippen LogP contribution in [-0.2, 0) is 11.3 Å². The van der Waals surface area contributed by atoms with Gasteiger partial charge < -0.3 is 5.32 Å². The second-order valence-electron chi connectivity index (χ2n) is 8.15. The molecule has 0 spiro atoms. The second-order valence-corrected chi connectivity index (χ2v) is 9.87. The van der Waals surface area contributed by atoms with Gasteiger partial charge in [0.25, 0.3) is 5.56 Å². The molecule has 7 nitrogen and oxygen atoms in total. The Kier molecular flexibility index (Phi) is 6.71. The fourth-order valence-electron chi connectivity index (χ4n) is 3.43. The van der Waals surface area contributed by atoms with E-state index in [2.05, 4.69) is 29.4 Å². The third kappa shape index (κ3) is 4.74. The summed E-state index contributed by atoms with van der Waals surface area (Å²) in [7, 11) is 0. The summed E-state index contributed by atoms with van der Waals surface area (Å²) in [4.78, 5) is 25.9. The van der Waals surface area contributed by atoms with Gasteiger partial charge in [-0.25, -0.2) is 4.39 Å². The van der Waals surface area contributed by atoms with Crippen molar-refractivity contribution in [3.63, 3.8) is 0 Å². The molecule has 0 saturated carbocycles. The number of carbonyl (C=O) groups is 1. The Morgan fingerprint density at radius 3 is 2.67 bits per heavy atom. The lowest BCUT2D eigenvalue weighted by Gasteiger charge is -2.14. The molecule has 2 aromatic carbocycles. The van der Waals surface area contributed by atoms with Crippen LogP contribution in [0.5, 0.6) is 0 Å². The molecule has 1 unspecified atom stereocenters. The van der Waals surface area contributed by atoms with Crippen molar-refractivity contribution in [3.05, 3.63) is 63.7 Å². The highest BCUT2D eigenvalue weighted by Crippen LogP contribution is 2.27. The highest BCUT2D eigenvalue weighted by atomic mass is 35.5. The normalized spacial score (nSPS) is 12.5. The van der Waals surface area contributed by atoms with Crippen LogP contribution in [0.1, 0.15) is 27.2 Å². The van der Waals surface area contributed by atoms with Gasteiger partial charge in [-0.15, -0.1) is 10.2 Å². The molecule has 0 radical (unpaired) electrons. The molecular formula is C23H23ClFN5O2S. The Hall–Kier alpha value is -2.91. The van der Waals surface area contributed by atoms with Crippen LogP contribution in [0.15, 0.2) is 52.4 Å². The van der Waals surface area contributed by atoms with Crippen molar-refractivity contribution in [1.29, 1.82) is 0 Å². The molecule has 1 atom stereocenters. The zero-order valence-corrected chi connectivity index (χ0v) is 20.0. The number of amides is 1. The largest absolute Gasteiger partial charge is 0.325 e. The maximum atomic E-state index is 13.4. The first-order valence-corrected chi connectivity index (χ1v) is 11.8. The molecular weight excluding hydrogens is 465 g/mol. The topological polar surface area (TPSA) is 81.3 Å². The molecule has 172 valence electrons. The first-order chi connectivity index (χ1) is 15.8. The Bertz CT molecular complexity index is 1400. The maximum Gasteiger partial charge on any atom is 0.262 e. The van der Waals surface area contributed by atoms with Crippen LogP contribution in [0.3, 0.4) is 0 Å². The molecule has 0 aliphatic heterocycles. The Balaban J connectivity index is 1.68. The van der Waals surface area contributed by atoms with E-state index in [0.29, 0.717) is 40.0 Å². The van der Waals surface area contributed by atoms with E-state index in [4.69, 9.17) is 11.6 Å². The number of thioether (sulfide) groups is 1. The van der Waals surface area contributed by atoms with Crippen molar-refractivity contribution in [2.24, 2.45) is 5.92 Å². The minimum atomic E-state index is -0.553. The number of benzene rings is 2. The highest BCUT2D eigenvalue weighted by molar-refractivity contribution is 8.00. The number of para-hydroxylation sites is 1. The van der Waals surface area contributed by atoms with E-state index in [-0.39, 0.29) is 16.5 Å². The summed E-state index contributed by atoms with van der Waals surface area (Å²) < 4.78 is 16.9. The van der Waals surface area contributed by atoms with Crippen LogP contribution in [-0.4, -0.2) is 30.3 Å². The molecule has 1 N–H and O–H groups in total. The minimum absolute atomic E-state index is 0.0672. The first kappa shape index (κ1) is 23.3. The fraction of sp³-hybridized carbons (Fsp3) is 0.304. The number of anilines is 1. The standard InChI is InChI=1S/C23H23ClFN5O2S/c1-13(2)10-11-29-21(32)16-6-4-5-7-19(16)30-22(29)27-28-23(30)33-14(3)20(31)26-15-8-9-18(25)17(24)12-15/h4-9,12-14H,10-11H2,1-3H3,(H,26,31). The van der Waals surface area contributed by atoms with Gasteiger partial charge in [-0.05, 0) is 49.6 Å². The van der Waals surface area contributed by atoms with Gasteiger partial charge in [-0.2, -0.15) is 0 Å². The zero-order chi connectivity index (χ0) is 23.7. The lowest BCUT2D eigenvalue weighted by atomic mass is 10.1. The van der Waals surface area contributed by atoms with Gasteiger partial charge in [0, 0.05) is 12.2 Å². The van der Waals surface area contributed by atoms with E-state index in [1.54, 1.807) is 17.6 Å². The average Bonchev–Trinajstić information content (AvgIpc) is 3.19. The van der Waals surface area contributed by atoms with Crippen molar-refractivity contribution in [3.8, 4) is 0 Å². The van der Waals surface area contributed by atoms with Gasteiger partial charge in [-0.1, -0.05) is 49.3 Å². The van der Waals surface area contributed by atoms with E-state index in [1.807, 2.05) is 22.6 Å². The number of carbonyl (C=O) groups excluding carboxylic acids is 1. The average molecular weight is 488 g/mol. The van der Waals surface area contributed by atoms with E-state index in [0.717, 1.165) is 6.42 Å². The van der Waals surface area contributed by atoms with Gasteiger partial charge in [0.2, 0.25) is 11.7 Å². The van der Waals surface area contributed by atoms with Crippen LogP contribution in [0, 0.1) is 11.7 Å². The molecule has 0 bridgehead atoms. The third-order valence-electron chi connectivity index (χ3n) is 5.25. The predicted octanol–water partition coefficient (Wildman–Crippen LogP) is 5.00. The number of hydrogen-bond donors (Lipinski definition) is 1. The van der Waals surface area contributed by atoms with E-state index in [9.17, 15) is 14.0 Å². The van der Waals surface area contributed by atoms with Gasteiger partial charge in [0.1, 0.15) is 5.82 Å². The van der Waals surface area contributed by atoms with Gasteiger partial charge >= 0.3 is 0 Å². The smallest absolute Gasteiger partial charge is 0.262 e.